The number of methoxy groups -OCH3 is 1. The minimum atomic E-state index is 0.338. The number of hydrogen-bond acceptors (Lipinski definition) is 3. The molecule has 0 aliphatic heterocycles. The smallest absolute Gasteiger partial charge is 0.0734 e. The standard InChI is InChI=1S/C12H25NO2/c1-12(2)7-5-6-10(11(12)13-3)15-9-8-14-4/h10-11,13H,5-9H2,1-4H3. The van der Waals surface area contributed by atoms with Crippen LogP contribution in [0.15, 0.2) is 0 Å². The van der Waals surface area contributed by atoms with Crippen molar-refractivity contribution in [1.82, 2.24) is 5.32 Å². The Balaban J connectivity index is 2.46. The lowest BCUT2D eigenvalue weighted by Gasteiger charge is -2.43. The Kier molecular flexibility index (Phi) is 5.03. The van der Waals surface area contributed by atoms with Gasteiger partial charge in [0, 0.05) is 13.2 Å². The quantitative estimate of drug-likeness (QED) is 0.710. The Morgan fingerprint density at radius 3 is 2.67 bits per heavy atom. The van der Waals surface area contributed by atoms with E-state index >= 15 is 0 Å². The van der Waals surface area contributed by atoms with E-state index in [0.29, 0.717) is 30.8 Å². The highest BCUT2D eigenvalue weighted by Crippen LogP contribution is 2.36. The minimum Gasteiger partial charge on any atom is -0.382 e. The number of ether oxygens (including phenoxy) is 2. The number of rotatable bonds is 5. The zero-order chi connectivity index (χ0) is 11.3. The average molecular weight is 215 g/mol. The summed E-state index contributed by atoms with van der Waals surface area (Å²) in [5.41, 5.74) is 0.338. The highest BCUT2D eigenvalue weighted by molar-refractivity contribution is 4.93. The van der Waals surface area contributed by atoms with Crippen molar-refractivity contribution in [2.75, 3.05) is 27.4 Å². The molecule has 2 unspecified atom stereocenters. The molecule has 0 spiro atoms. The van der Waals surface area contributed by atoms with Gasteiger partial charge in [-0.1, -0.05) is 20.3 Å². The first kappa shape index (κ1) is 12.9. The van der Waals surface area contributed by atoms with Gasteiger partial charge in [-0.05, 0) is 25.3 Å². The van der Waals surface area contributed by atoms with Crippen molar-refractivity contribution in [2.45, 2.75) is 45.3 Å². The van der Waals surface area contributed by atoms with Crippen molar-refractivity contribution in [2.24, 2.45) is 5.41 Å². The van der Waals surface area contributed by atoms with Gasteiger partial charge in [0.1, 0.15) is 0 Å². The van der Waals surface area contributed by atoms with Crippen LogP contribution in [0, 0.1) is 5.41 Å². The van der Waals surface area contributed by atoms with Crippen molar-refractivity contribution in [3.05, 3.63) is 0 Å². The van der Waals surface area contributed by atoms with Crippen molar-refractivity contribution >= 4 is 0 Å². The average Bonchev–Trinajstić information content (AvgIpc) is 2.17. The van der Waals surface area contributed by atoms with Crippen LogP contribution in [-0.4, -0.2) is 39.5 Å². The Hall–Kier alpha value is -0.120. The van der Waals surface area contributed by atoms with Crippen LogP contribution in [0.1, 0.15) is 33.1 Å². The molecular formula is C12H25NO2. The number of nitrogens with one attached hydrogen (secondary N) is 1. The summed E-state index contributed by atoms with van der Waals surface area (Å²) in [7, 11) is 3.74. The van der Waals surface area contributed by atoms with E-state index in [1.54, 1.807) is 7.11 Å². The molecule has 90 valence electrons. The summed E-state index contributed by atoms with van der Waals surface area (Å²) in [6.45, 7) is 6.03. The Labute approximate surface area is 93.5 Å². The largest absolute Gasteiger partial charge is 0.382 e. The molecule has 0 bridgehead atoms. The van der Waals surface area contributed by atoms with Gasteiger partial charge in [0.05, 0.1) is 19.3 Å². The van der Waals surface area contributed by atoms with Crippen LogP contribution in [0.25, 0.3) is 0 Å². The summed E-state index contributed by atoms with van der Waals surface area (Å²) in [4.78, 5) is 0. The van der Waals surface area contributed by atoms with Gasteiger partial charge in [0.25, 0.3) is 0 Å². The Morgan fingerprint density at radius 1 is 1.33 bits per heavy atom. The fraction of sp³-hybridized carbons (Fsp3) is 1.00. The lowest BCUT2D eigenvalue weighted by molar-refractivity contribution is -0.0494. The third kappa shape index (κ3) is 3.44. The molecule has 1 saturated carbocycles. The molecule has 0 aromatic rings. The van der Waals surface area contributed by atoms with Crippen LogP contribution in [0.4, 0.5) is 0 Å². The van der Waals surface area contributed by atoms with E-state index in [9.17, 15) is 0 Å². The third-order valence-corrected chi connectivity index (χ3v) is 3.45. The molecule has 1 aliphatic carbocycles. The van der Waals surface area contributed by atoms with Gasteiger partial charge in [-0.3, -0.25) is 0 Å². The first-order valence-electron chi connectivity index (χ1n) is 5.89. The van der Waals surface area contributed by atoms with Crippen LogP contribution >= 0.6 is 0 Å². The molecule has 0 saturated heterocycles. The van der Waals surface area contributed by atoms with Gasteiger partial charge < -0.3 is 14.8 Å². The summed E-state index contributed by atoms with van der Waals surface area (Å²) < 4.78 is 10.9. The van der Waals surface area contributed by atoms with Crippen molar-refractivity contribution < 1.29 is 9.47 Å². The summed E-state index contributed by atoms with van der Waals surface area (Å²) in [5.74, 6) is 0. The highest BCUT2D eigenvalue weighted by atomic mass is 16.5. The van der Waals surface area contributed by atoms with E-state index < -0.39 is 0 Å². The SMILES string of the molecule is CNC1C(OCCOC)CCCC1(C)C. The van der Waals surface area contributed by atoms with E-state index in [0.717, 1.165) is 0 Å². The van der Waals surface area contributed by atoms with Gasteiger partial charge in [0.15, 0.2) is 0 Å². The molecule has 3 heteroatoms. The maximum Gasteiger partial charge on any atom is 0.0734 e. The molecule has 0 aromatic heterocycles. The summed E-state index contributed by atoms with van der Waals surface area (Å²) in [5, 5.41) is 3.41. The fourth-order valence-corrected chi connectivity index (χ4v) is 2.62. The lowest BCUT2D eigenvalue weighted by atomic mass is 9.72. The van der Waals surface area contributed by atoms with E-state index in [-0.39, 0.29) is 0 Å². The molecule has 2 atom stereocenters. The molecule has 0 aromatic carbocycles. The first-order chi connectivity index (χ1) is 7.11. The molecule has 1 rings (SSSR count). The molecule has 15 heavy (non-hydrogen) atoms. The molecule has 0 amide bonds. The minimum absolute atomic E-state index is 0.338. The maximum atomic E-state index is 5.87. The molecule has 1 fully saturated rings. The molecule has 0 radical (unpaired) electrons. The van der Waals surface area contributed by atoms with Crippen molar-refractivity contribution in [3.8, 4) is 0 Å². The summed E-state index contributed by atoms with van der Waals surface area (Å²) in [6, 6.07) is 0.461. The molecule has 3 nitrogen and oxygen atoms in total. The summed E-state index contributed by atoms with van der Waals surface area (Å²) in [6.07, 6.45) is 4.05. The molecule has 1 aliphatic rings. The fourth-order valence-electron chi connectivity index (χ4n) is 2.62. The zero-order valence-corrected chi connectivity index (χ0v) is 10.5. The molecular weight excluding hydrogens is 190 g/mol. The van der Waals surface area contributed by atoms with Gasteiger partial charge in [-0.15, -0.1) is 0 Å². The van der Waals surface area contributed by atoms with E-state index in [2.05, 4.69) is 19.2 Å². The van der Waals surface area contributed by atoms with Crippen LogP contribution in [0.3, 0.4) is 0 Å². The number of hydrogen-bond donors (Lipinski definition) is 1. The topological polar surface area (TPSA) is 30.5 Å². The molecule has 0 heterocycles. The van der Waals surface area contributed by atoms with Crippen LogP contribution in [-0.2, 0) is 9.47 Å². The monoisotopic (exact) mass is 215 g/mol. The maximum absolute atomic E-state index is 5.87. The zero-order valence-electron chi connectivity index (χ0n) is 10.5. The molecule has 1 N–H and O–H groups in total. The van der Waals surface area contributed by atoms with E-state index in [4.69, 9.17) is 9.47 Å². The van der Waals surface area contributed by atoms with Crippen LogP contribution < -0.4 is 5.32 Å². The van der Waals surface area contributed by atoms with Gasteiger partial charge in [-0.25, -0.2) is 0 Å². The van der Waals surface area contributed by atoms with Gasteiger partial charge >= 0.3 is 0 Å². The first-order valence-corrected chi connectivity index (χ1v) is 5.89. The predicted octanol–water partition coefficient (Wildman–Crippen LogP) is 1.82. The lowest BCUT2D eigenvalue weighted by Crippen LogP contribution is -2.52. The van der Waals surface area contributed by atoms with E-state index in [1.807, 2.05) is 7.05 Å². The van der Waals surface area contributed by atoms with Crippen molar-refractivity contribution in [1.29, 1.82) is 0 Å². The normalized spacial score (nSPS) is 30.4. The third-order valence-electron chi connectivity index (χ3n) is 3.45. The van der Waals surface area contributed by atoms with E-state index in [1.165, 1.54) is 19.3 Å². The van der Waals surface area contributed by atoms with Crippen LogP contribution in [0.2, 0.25) is 0 Å². The van der Waals surface area contributed by atoms with Gasteiger partial charge in [0.2, 0.25) is 0 Å². The Bertz CT molecular complexity index is 182. The van der Waals surface area contributed by atoms with Gasteiger partial charge in [-0.2, -0.15) is 0 Å². The predicted molar refractivity (Wildman–Crippen MR) is 62.1 cm³/mol. The second-order valence-electron chi connectivity index (χ2n) is 5.05. The highest BCUT2D eigenvalue weighted by Gasteiger charge is 2.38. The van der Waals surface area contributed by atoms with Crippen molar-refractivity contribution in [3.63, 3.8) is 0 Å². The number of likely N-dealkylation sites (N-methyl/N-ethyl adjacent to an activating group) is 1. The summed E-state index contributed by atoms with van der Waals surface area (Å²) >= 11 is 0. The second-order valence-corrected chi connectivity index (χ2v) is 5.05. The Morgan fingerprint density at radius 2 is 2.07 bits per heavy atom. The van der Waals surface area contributed by atoms with Crippen LogP contribution in [0.5, 0.6) is 0 Å². The second kappa shape index (κ2) is 5.83.